The number of nitrogens with zero attached hydrogens (tertiary/aromatic N) is 1. The minimum atomic E-state index is -0.903. The molecule has 0 unspecified atom stereocenters. The zero-order chi connectivity index (χ0) is 26.1. The molecular formula is C27H26N4O5. The molecular weight excluding hydrogens is 460 g/mol. The Labute approximate surface area is 209 Å². The summed E-state index contributed by atoms with van der Waals surface area (Å²) in [4.78, 5) is 25.3. The number of alkyl carbamates (subject to hydrolysis) is 1. The second-order valence-corrected chi connectivity index (χ2v) is 8.57. The molecule has 2 amide bonds. The third kappa shape index (κ3) is 7.33. The minimum absolute atomic E-state index is 0.0446. The van der Waals surface area contributed by atoms with Crippen LogP contribution in [-0.2, 0) is 11.3 Å². The molecule has 0 bridgehead atoms. The van der Waals surface area contributed by atoms with Gasteiger partial charge in [0.1, 0.15) is 35.3 Å². The lowest BCUT2D eigenvalue weighted by Crippen LogP contribution is -2.45. The lowest BCUT2D eigenvalue weighted by molar-refractivity contribution is 0.0561. The Hall–Kier alpha value is -4.84. The second-order valence-electron chi connectivity index (χ2n) is 8.57. The van der Waals surface area contributed by atoms with Gasteiger partial charge >= 0.3 is 6.09 Å². The first-order valence-corrected chi connectivity index (χ1v) is 11.0. The Morgan fingerprint density at radius 1 is 0.944 bits per heavy atom. The third-order valence-corrected chi connectivity index (χ3v) is 4.53. The van der Waals surface area contributed by atoms with Gasteiger partial charge in [-0.05, 0) is 50.6 Å². The van der Waals surface area contributed by atoms with E-state index < -0.39 is 23.6 Å². The van der Waals surface area contributed by atoms with Crippen molar-refractivity contribution in [2.24, 2.45) is 0 Å². The van der Waals surface area contributed by atoms with Gasteiger partial charge in [-0.3, -0.25) is 20.8 Å². The van der Waals surface area contributed by atoms with Crippen molar-refractivity contribution in [3.8, 4) is 23.3 Å². The van der Waals surface area contributed by atoms with Crippen molar-refractivity contribution in [1.29, 1.82) is 10.7 Å². The van der Waals surface area contributed by atoms with Gasteiger partial charge < -0.3 is 14.2 Å². The SMILES string of the molecule is CC(C)(C)OC(=O)NC(=N)NC(=O)c1c(OCc2ccccc2)ccc(C#N)c1Oc1ccccc1. The molecule has 3 aromatic carbocycles. The lowest BCUT2D eigenvalue weighted by atomic mass is 10.1. The maximum atomic E-state index is 13.3. The lowest BCUT2D eigenvalue weighted by Gasteiger charge is -2.20. The van der Waals surface area contributed by atoms with Crippen LogP contribution < -0.4 is 20.1 Å². The molecule has 0 aliphatic rings. The summed E-state index contributed by atoms with van der Waals surface area (Å²) < 4.78 is 17.0. The number of nitrogens with one attached hydrogen (secondary N) is 3. The van der Waals surface area contributed by atoms with Crippen LogP contribution in [0.25, 0.3) is 0 Å². The van der Waals surface area contributed by atoms with Crippen LogP contribution in [0.15, 0.2) is 72.8 Å². The zero-order valence-corrected chi connectivity index (χ0v) is 20.1. The summed E-state index contributed by atoms with van der Waals surface area (Å²) in [5.74, 6) is -0.952. The maximum Gasteiger partial charge on any atom is 0.414 e. The molecule has 0 saturated carbocycles. The van der Waals surface area contributed by atoms with E-state index in [1.165, 1.54) is 12.1 Å². The van der Waals surface area contributed by atoms with Crippen molar-refractivity contribution in [3.05, 3.63) is 89.5 Å². The number of benzene rings is 3. The molecule has 0 heterocycles. The number of carbonyl (C=O) groups is 2. The first-order chi connectivity index (χ1) is 17.2. The van der Waals surface area contributed by atoms with Crippen molar-refractivity contribution in [2.75, 3.05) is 0 Å². The summed E-state index contributed by atoms with van der Waals surface area (Å²) in [6, 6.07) is 23.0. The van der Waals surface area contributed by atoms with E-state index >= 15 is 0 Å². The Balaban J connectivity index is 1.94. The molecule has 3 rings (SSSR count). The molecule has 9 nitrogen and oxygen atoms in total. The van der Waals surface area contributed by atoms with Crippen LogP contribution in [0, 0.1) is 16.7 Å². The van der Waals surface area contributed by atoms with Crippen LogP contribution in [0.1, 0.15) is 42.3 Å². The monoisotopic (exact) mass is 486 g/mol. The van der Waals surface area contributed by atoms with Crippen LogP contribution in [0.2, 0.25) is 0 Å². The molecule has 0 saturated heterocycles. The van der Waals surface area contributed by atoms with E-state index in [0.29, 0.717) is 5.75 Å². The van der Waals surface area contributed by atoms with Crippen LogP contribution in [0.3, 0.4) is 0 Å². The fourth-order valence-corrected chi connectivity index (χ4v) is 3.05. The fourth-order valence-electron chi connectivity index (χ4n) is 3.05. The molecule has 0 aromatic heterocycles. The Bertz CT molecular complexity index is 1280. The van der Waals surface area contributed by atoms with E-state index in [9.17, 15) is 14.9 Å². The number of hydrogen-bond acceptors (Lipinski definition) is 7. The fraction of sp³-hybridized carbons (Fsp3) is 0.185. The number of rotatable bonds is 6. The number of ether oxygens (including phenoxy) is 3. The number of carbonyl (C=O) groups excluding carboxylic acids is 2. The smallest absolute Gasteiger partial charge is 0.414 e. The number of nitriles is 1. The Kier molecular flexibility index (Phi) is 8.26. The molecule has 0 aliphatic heterocycles. The molecule has 3 N–H and O–H groups in total. The first-order valence-electron chi connectivity index (χ1n) is 11.0. The quantitative estimate of drug-likeness (QED) is 0.327. The minimum Gasteiger partial charge on any atom is -0.488 e. The van der Waals surface area contributed by atoms with Gasteiger partial charge in [0.15, 0.2) is 5.75 Å². The Morgan fingerprint density at radius 2 is 1.58 bits per heavy atom. The molecule has 0 aliphatic carbocycles. The molecule has 36 heavy (non-hydrogen) atoms. The highest BCUT2D eigenvalue weighted by atomic mass is 16.6. The topological polar surface area (TPSA) is 134 Å². The molecule has 0 fully saturated rings. The van der Waals surface area contributed by atoms with Crippen molar-refractivity contribution in [1.82, 2.24) is 10.6 Å². The Morgan fingerprint density at radius 3 is 2.19 bits per heavy atom. The predicted octanol–water partition coefficient (Wildman–Crippen LogP) is 5.12. The molecule has 184 valence electrons. The number of hydrogen-bond donors (Lipinski definition) is 3. The van der Waals surface area contributed by atoms with Crippen LogP contribution in [0.5, 0.6) is 17.2 Å². The summed E-state index contributed by atoms with van der Waals surface area (Å²) in [7, 11) is 0. The third-order valence-electron chi connectivity index (χ3n) is 4.53. The summed E-state index contributed by atoms with van der Waals surface area (Å²) >= 11 is 0. The summed E-state index contributed by atoms with van der Waals surface area (Å²) in [5.41, 5.74) is 0.0512. The molecule has 3 aromatic rings. The highest BCUT2D eigenvalue weighted by Gasteiger charge is 2.25. The van der Waals surface area contributed by atoms with Crippen LogP contribution in [-0.4, -0.2) is 23.6 Å². The van der Waals surface area contributed by atoms with Gasteiger partial charge in [0.25, 0.3) is 5.91 Å². The van der Waals surface area contributed by atoms with Crippen molar-refractivity contribution < 1.29 is 23.8 Å². The van der Waals surface area contributed by atoms with Gasteiger partial charge in [-0.1, -0.05) is 48.5 Å². The van der Waals surface area contributed by atoms with E-state index in [1.807, 2.05) is 36.4 Å². The normalized spacial score (nSPS) is 10.5. The van der Waals surface area contributed by atoms with E-state index in [2.05, 4.69) is 10.6 Å². The maximum absolute atomic E-state index is 13.3. The molecule has 0 spiro atoms. The van der Waals surface area contributed by atoms with Crippen molar-refractivity contribution in [3.63, 3.8) is 0 Å². The van der Waals surface area contributed by atoms with Crippen LogP contribution in [0.4, 0.5) is 4.79 Å². The van der Waals surface area contributed by atoms with Gasteiger partial charge in [0, 0.05) is 0 Å². The van der Waals surface area contributed by atoms with Gasteiger partial charge in [-0.25, -0.2) is 4.79 Å². The average Bonchev–Trinajstić information content (AvgIpc) is 2.82. The zero-order valence-electron chi connectivity index (χ0n) is 20.1. The standard InChI is InChI=1S/C27H26N4O5/c1-27(2,3)36-26(33)31-25(29)30-24(32)22-21(34-17-18-10-6-4-7-11-18)15-14-19(16-28)23(22)35-20-12-8-5-9-13-20/h4-15H,17H2,1-3H3,(H3,29,30,31,32,33). The first kappa shape index (κ1) is 25.8. The summed E-state index contributed by atoms with van der Waals surface area (Å²) in [6.07, 6.45) is -0.903. The van der Waals surface area contributed by atoms with Crippen LogP contribution >= 0.6 is 0 Å². The number of amides is 2. The predicted molar refractivity (Wildman–Crippen MR) is 133 cm³/mol. The largest absolute Gasteiger partial charge is 0.488 e. The van der Waals surface area contributed by atoms with Crippen molar-refractivity contribution in [2.45, 2.75) is 33.0 Å². The number of para-hydroxylation sites is 1. The van der Waals surface area contributed by atoms with Gasteiger partial charge in [0.2, 0.25) is 5.96 Å². The highest BCUT2D eigenvalue weighted by molar-refractivity contribution is 6.10. The van der Waals surface area contributed by atoms with E-state index in [0.717, 1.165) is 5.56 Å². The van der Waals surface area contributed by atoms with Gasteiger partial charge in [0.05, 0.1) is 5.56 Å². The molecule has 9 heteroatoms. The number of guanidine groups is 1. The highest BCUT2D eigenvalue weighted by Crippen LogP contribution is 2.36. The summed E-state index contributed by atoms with van der Waals surface area (Å²) in [5, 5.41) is 22.2. The van der Waals surface area contributed by atoms with Crippen molar-refractivity contribution >= 4 is 18.0 Å². The summed E-state index contributed by atoms with van der Waals surface area (Å²) in [6.45, 7) is 5.16. The second kappa shape index (κ2) is 11.5. The van der Waals surface area contributed by atoms with Gasteiger partial charge in [-0.2, -0.15) is 5.26 Å². The average molecular weight is 487 g/mol. The van der Waals surface area contributed by atoms with E-state index in [-0.39, 0.29) is 29.2 Å². The molecule has 0 atom stereocenters. The molecule has 0 radical (unpaired) electrons. The van der Waals surface area contributed by atoms with Gasteiger partial charge in [-0.15, -0.1) is 0 Å². The van der Waals surface area contributed by atoms with E-state index in [4.69, 9.17) is 19.6 Å². The van der Waals surface area contributed by atoms with E-state index in [1.54, 1.807) is 51.1 Å².